The first-order chi connectivity index (χ1) is 8.97. The van der Waals surface area contributed by atoms with Crippen LogP contribution in [0.3, 0.4) is 0 Å². The molecule has 1 unspecified atom stereocenters. The van der Waals surface area contributed by atoms with Crippen molar-refractivity contribution in [2.75, 3.05) is 0 Å². The number of aryl methyl sites for hydroxylation is 1. The van der Waals surface area contributed by atoms with Gasteiger partial charge in [0.2, 0.25) is 0 Å². The number of aliphatic hydroxyl groups is 1. The van der Waals surface area contributed by atoms with Gasteiger partial charge in [-0.3, -0.25) is 0 Å². The summed E-state index contributed by atoms with van der Waals surface area (Å²) in [6.45, 7) is 1.99. The first-order valence-electron chi connectivity index (χ1n) is 5.85. The largest absolute Gasteiger partial charge is 0.388 e. The van der Waals surface area contributed by atoms with E-state index in [1.807, 2.05) is 25.1 Å². The van der Waals surface area contributed by atoms with Crippen molar-refractivity contribution in [2.24, 2.45) is 0 Å². The molecule has 0 bridgehead atoms. The number of rotatable bonds is 3. The minimum absolute atomic E-state index is 0.0785. The summed E-state index contributed by atoms with van der Waals surface area (Å²) >= 11 is 9.16. The monoisotopic (exact) mass is 342 g/mol. The summed E-state index contributed by atoms with van der Waals surface area (Å²) < 4.78 is 14.0. The molecule has 0 spiro atoms. The molecule has 0 amide bonds. The standard InChI is InChI=1S/C15H13BrClFO/c1-9-2-4-11(8-12(9)16)15(19)7-10-3-5-14(18)13(17)6-10/h2-6,8,15,19H,7H2,1H3. The fraction of sp³-hybridized carbons (Fsp3) is 0.200. The average molecular weight is 344 g/mol. The molecule has 0 aliphatic heterocycles. The van der Waals surface area contributed by atoms with Gasteiger partial charge in [0, 0.05) is 10.9 Å². The Labute approximate surface area is 125 Å². The first kappa shape index (κ1) is 14.5. The van der Waals surface area contributed by atoms with Crippen molar-refractivity contribution in [3.63, 3.8) is 0 Å². The number of halogens is 3. The summed E-state index contributed by atoms with van der Waals surface area (Å²) in [5.74, 6) is -0.446. The summed E-state index contributed by atoms with van der Waals surface area (Å²) in [6.07, 6.45) is -0.242. The van der Waals surface area contributed by atoms with Crippen LogP contribution in [0.5, 0.6) is 0 Å². The maximum Gasteiger partial charge on any atom is 0.141 e. The summed E-state index contributed by atoms with van der Waals surface area (Å²) in [6, 6.07) is 10.2. The van der Waals surface area contributed by atoms with Gasteiger partial charge in [-0.2, -0.15) is 0 Å². The van der Waals surface area contributed by atoms with Crippen molar-refractivity contribution in [3.8, 4) is 0 Å². The van der Waals surface area contributed by atoms with Crippen LogP contribution < -0.4 is 0 Å². The van der Waals surface area contributed by atoms with Gasteiger partial charge in [-0.05, 0) is 41.8 Å². The molecule has 2 aromatic rings. The van der Waals surface area contributed by atoms with Crippen LogP contribution in [0.25, 0.3) is 0 Å². The Morgan fingerprint density at radius 1 is 1.26 bits per heavy atom. The van der Waals surface area contributed by atoms with Gasteiger partial charge in [0.1, 0.15) is 5.82 Å². The van der Waals surface area contributed by atoms with Gasteiger partial charge < -0.3 is 5.11 Å². The first-order valence-corrected chi connectivity index (χ1v) is 7.02. The molecule has 4 heteroatoms. The predicted octanol–water partition coefficient (Wildman–Crippen LogP) is 4.83. The fourth-order valence-electron chi connectivity index (χ4n) is 1.82. The SMILES string of the molecule is Cc1ccc(C(O)Cc2ccc(F)c(Cl)c2)cc1Br. The third kappa shape index (κ3) is 3.56. The normalized spacial score (nSPS) is 12.5. The summed E-state index contributed by atoms with van der Waals surface area (Å²) in [7, 11) is 0. The van der Waals surface area contributed by atoms with Gasteiger partial charge in [-0.25, -0.2) is 4.39 Å². The molecule has 0 aliphatic rings. The van der Waals surface area contributed by atoms with Crippen LogP contribution >= 0.6 is 27.5 Å². The topological polar surface area (TPSA) is 20.2 Å². The van der Waals surface area contributed by atoms with Crippen molar-refractivity contribution < 1.29 is 9.50 Å². The van der Waals surface area contributed by atoms with Gasteiger partial charge in [0.05, 0.1) is 11.1 Å². The quantitative estimate of drug-likeness (QED) is 0.846. The molecule has 2 aromatic carbocycles. The van der Waals surface area contributed by atoms with Gasteiger partial charge in [-0.15, -0.1) is 0 Å². The second kappa shape index (κ2) is 6.04. The Morgan fingerprint density at radius 2 is 2.00 bits per heavy atom. The zero-order valence-electron chi connectivity index (χ0n) is 10.3. The van der Waals surface area contributed by atoms with E-state index in [1.165, 1.54) is 6.07 Å². The highest BCUT2D eigenvalue weighted by molar-refractivity contribution is 9.10. The minimum atomic E-state index is -0.640. The van der Waals surface area contributed by atoms with Crippen LogP contribution in [-0.2, 0) is 6.42 Å². The summed E-state index contributed by atoms with van der Waals surface area (Å²) in [4.78, 5) is 0. The summed E-state index contributed by atoms with van der Waals surface area (Å²) in [5.41, 5.74) is 2.73. The van der Waals surface area contributed by atoms with Gasteiger partial charge >= 0.3 is 0 Å². The van der Waals surface area contributed by atoms with E-state index in [0.717, 1.165) is 21.2 Å². The van der Waals surface area contributed by atoms with Gasteiger partial charge in [0.25, 0.3) is 0 Å². The second-order valence-corrected chi connectivity index (χ2v) is 5.74. The van der Waals surface area contributed by atoms with Crippen LogP contribution in [0, 0.1) is 12.7 Å². The molecule has 0 aromatic heterocycles. The second-order valence-electron chi connectivity index (χ2n) is 4.48. The molecule has 0 fully saturated rings. The lowest BCUT2D eigenvalue weighted by Crippen LogP contribution is -2.02. The number of aliphatic hydroxyl groups excluding tert-OH is 1. The Balaban J connectivity index is 2.17. The molecule has 0 radical (unpaired) electrons. The average Bonchev–Trinajstić information content (AvgIpc) is 2.37. The van der Waals surface area contributed by atoms with E-state index in [-0.39, 0.29) is 5.02 Å². The molecule has 19 heavy (non-hydrogen) atoms. The molecular weight excluding hydrogens is 331 g/mol. The lowest BCUT2D eigenvalue weighted by Gasteiger charge is -2.12. The highest BCUT2D eigenvalue weighted by Crippen LogP contribution is 2.25. The van der Waals surface area contributed by atoms with Crippen LogP contribution in [0.2, 0.25) is 5.02 Å². The molecule has 0 heterocycles. The van der Waals surface area contributed by atoms with Crippen molar-refractivity contribution in [2.45, 2.75) is 19.4 Å². The van der Waals surface area contributed by atoms with Crippen molar-refractivity contribution in [1.82, 2.24) is 0 Å². The maximum absolute atomic E-state index is 13.1. The highest BCUT2D eigenvalue weighted by Gasteiger charge is 2.11. The van der Waals surface area contributed by atoms with Crippen LogP contribution in [-0.4, -0.2) is 5.11 Å². The van der Waals surface area contributed by atoms with E-state index in [2.05, 4.69) is 15.9 Å². The van der Waals surface area contributed by atoms with E-state index >= 15 is 0 Å². The van der Waals surface area contributed by atoms with Gasteiger partial charge in [-0.1, -0.05) is 45.7 Å². The Morgan fingerprint density at radius 3 is 2.63 bits per heavy atom. The zero-order chi connectivity index (χ0) is 14.0. The van der Waals surface area contributed by atoms with E-state index in [0.29, 0.717) is 6.42 Å². The molecule has 2 rings (SSSR count). The molecule has 1 atom stereocenters. The fourth-order valence-corrected chi connectivity index (χ4v) is 2.42. The van der Waals surface area contributed by atoms with E-state index in [9.17, 15) is 9.50 Å². The third-order valence-corrected chi connectivity index (χ3v) is 4.14. The van der Waals surface area contributed by atoms with Crippen molar-refractivity contribution in [1.29, 1.82) is 0 Å². The number of hydrogen-bond acceptors (Lipinski definition) is 1. The summed E-state index contributed by atoms with van der Waals surface area (Å²) in [5, 5.41) is 10.3. The molecule has 1 nitrogen and oxygen atoms in total. The molecular formula is C15H13BrClFO. The van der Waals surface area contributed by atoms with Crippen LogP contribution in [0.4, 0.5) is 4.39 Å². The van der Waals surface area contributed by atoms with Crippen molar-refractivity contribution >= 4 is 27.5 Å². The van der Waals surface area contributed by atoms with E-state index in [1.54, 1.807) is 12.1 Å². The molecule has 0 aliphatic carbocycles. The zero-order valence-corrected chi connectivity index (χ0v) is 12.7. The van der Waals surface area contributed by atoms with Gasteiger partial charge in [0.15, 0.2) is 0 Å². The molecule has 1 N–H and O–H groups in total. The molecule has 0 saturated carbocycles. The lowest BCUT2D eigenvalue weighted by atomic mass is 10.0. The van der Waals surface area contributed by atoms with Crippen LogP contribution in [0.15, 0.2) is 40.9 Å². The Bertz CT molecular complexity index is 601. The number of hydrogen-bond donors (Lipinski definition) is 1. The van der Waals surface area contributed by atoms with Crippen molar-refractivity contribution in [3.05, 3.63) is 68.4 Å². The number of benzene rings is 2. The Hall–Kier alpha value is -0.900. The Kier molecular flexibility index (Phi) is 4.61. The van der Waals surface area contributed by atoms with E-state index < -0.39 is 11.9 Å². The highest BCUT2D eigenvalue weighted by atomic mass is 79.9. The van der Waals surface area contributed by atoms with Crippen LogP contribution in [0.1, 0.15) is 22.8 Å². The van der Waals surface area contributed by atoms with E-state index in [4.69, 9.17) is 11.6 Å². The lowest BCUT2D eigenvalue weighted by molar-refractivity contribution is 0.178. The minimum Gasteiger partial charge on any atom is -0.388 e. The predicted molar refractivity (Wildman–Crippen MR) is 79.0 cm³/mol. The maximum atomic E-state index is 13.1. The molecule has 100 valence electrons. The third-order valence-electron chi connectivity index (χ3n) is 2.99. The molecule has 0 saturated heterocycles. The smallest absolute Gasteiger partial charge is 0.141 e.